The van der Waals surface area contributed by atoms with E-state index in [0.29, 0.717) is 0 Å². The van der Waals surface area contributed by atoms with Crippen LogP contribution in [0, 0.1) is 0 Å². The summed E-state index contributed by atoms with van der Waals surface area (Å²) in [7, 11) is 0. The molecule has 3 heteroatoms. The summed E-state index contributed by atoms with van der Waals surface area (Å²) in [5.74, 6) is 5.39. The van der Waals surface area contributed by atoms with Gasteiger partial charge in [0.2, 0.25) is 0 Å². The molecule has 2 aromatic rings. The van der Waals surface area contributed by atoms with Crippen LogP contribution in [0.4, 0.5) is 5.69 Å². The second kappa shape index (κ2) is 4.87. The quantitative estimate of drug-likeness (QED) is 0.644. The first-order valence-electron chi connectivity index (χ1n) is 6.31. The maximum absolute atomic E-state index is 5.39. The molecule has 3 rings (SSSR count). The third-order valence-electron chi connectivity index (χ3n) is 3.88. The minimum atomic E-state index is 0. The number of hydrogen-bond acceptors (Lipinski definition) is 2. The molecule has 0 atom stereocenters. The maximum atomic E-state index is 5.39. The summed E-state index contributed by atoms with van der Waals surface area (Å²) in [6.07, 6.45) is 1.13. The van der Waals surface area contributed by atoms with Crippen LogP contribution in [0.1, 0.15) is 25.0 Å². The normalized spacial score (nSPS) is 14.9. The van der Waals surface area contributed by atoms with Gasteiger partial charge in [0.15, 0.2) is 0 Å². The van der Waals surface area contributed by atoms with Gasteiger partial charge in [-0.3, -0.25) is 5.84 Å². The molecule has 0 unspecified atom stereocenters. The fourth-order valence-electron chi connectivity index (χ4n) is 2.77. The van der Waals surface area contributed by atoms with E-state index >= 15 is 0 Å². The van der Waals surface area contributed by atoms with Crippen molar-refractivity contribution in [2.24, 2.45) is 5.84 Å². The lowest BCUT2D eigenvalue weighted by Crippen LogP contribution is -2.13. The molecule has 0 amide bonds. The molecule has 2 nitrogen and oxygen atoms in total. The van der Waals surface area contributed by atoms with E-state index in [1.807, 2.05) is 12.1 Å². The van der Waals surface area contributed by atoms with Gasteiger partial charge in [0, 0.05) is 5.69 Å². The highest BCUT2D eigenvalue weighted by molar-refractivity contribution is 5.85. The van der Waals surface area contributed by atoms with Gasteiger partial charge >= 0.3 is 0 Å². The Morgan fingerprint density at radius 3 is 2.37 bits per heavy atom. The molecule has 2 bridgehead atoms. The zero-order valence-corrected chi connectivity index (χ0v) is 12.1. The Kier molecular flexibility index (Phi) is 3.57. The van der Waals surface area contributed by atoms with Gasteiger partial charge in [-0.1, -0.05) is 44.2 Å². The highest BCUT2D eigenvalue weighted by Crippen LogP contribution is 2.40. The molecule has 1 aliphatic rings. The number of halogens is 1. The van der Waals surface area contributed by atoms with Crippen molar-refractivity contribution in [2.75, 3.05) is 5.43 Å². The van der Waals surface area contributed by atoms with Crippen LogP contribution in [0.15, 0.2) is 42.5 Å². The summed E-state index contributed by atoms with van der Waals surface area (Å²) in [5.41, 5.74) is 9.37. The van der Waals surface area contributed by atoms with Crippen LogP contribution in [0.3, 0.4) is 0 Å². The molecule has 0 fully saturated rings. The molecule has 0 radical (unpaired) electrons. The number of nitrogen functional groups attached to an aromatic ring is 1. The summed E-state index contributed by atoms with van der Waals surface area (Å²) < 4.78 is 0. The van der Waals surface area contributed by atoms with Gasteiger partial charge in [-0.2, -0.15) is 0 Å². The molecule has 2 aromatic carbocycles. The first kappa shape index (κ1) is 13.9. The minimum Gasteiger partial charge on any atom is -0.324 e. The molecule has 19 heavy (non-hydrogen) atoms. The molecular formula is C16H19ClN2. The van der Waals surface area contributed by atoms with Crippen LogP contribution >= 0.6 is 12.4 Å². The number of benzene rings is 2. The van der Waals surface area contributed by atoms with Crippen LogP contribution in [-0.4, -0.2) is 0 Å². The second-order valence-corrected chi connectivity index (χ2v) is 5.65. The van der Waals surface area contributed by atoms with E-state index in [4.69, 9.17) is 5.84 Å². The predicted octanol–water partition coefficient (Wildman–Crippen LogP) is 3.89. The molecule has 100 valence electrons. The lowest BCUT2D eigenvalue weighted by atomic mass is 9.87. The van der Waals surface area contributed by atoms with E-state index in [0.717, 1.165) is 12.1 Å². The molecule has 1 aliphatic carbocycles. The van der Waals surface area contributed by atoms with E-state index < -0.39 is 0 Å². The van der Waals surface area contributed by atoms with Crippen molar-refractivity contribution >= 4 is 18.1 Å². The topological polar surface area (TPSA) is 38.0 Å². The Hall–Kier alpha value is -1.51. The first-order chi connectivity index (χ1) is 8.60. The summed E-state index contributed by atoms with van der Waals surface area (Å²) in [5, 5.41) is 0. The smallest absolute Gasteiger partial charge is 0.0485 e. The summed E-state index contributed by atoms with van der Waals surface area (Å²) in [6.45, 7) is 4.61. The lowest BCUT2D eigenvalue weighted by molar-refractivity contribution is 0.548. The number of nitrogens with two attached hydrogens (primary N) is 1. The lowest BCUT2D eigenvalue weighted by Gasteiger charge is -2.17. The number of fused-ring (bicyclic) bond motifs is 2. The van der Waals surface area contributed by atoms with Crippen molar-refractivity contribution in [2.45, 2.75) is 25.7 Å². The molecule has 0 aromatic heterocycles. The molecule has 0 spiro atoms. The van der Waals surface area contributed by atoms with Crippen LogP contribution in [0.5, 0.6) is 0 Å². The van der Waals surface area contributed by atoms with E-state index in [1.165, 1.54) is 22.3 Å². The van der Waals surface area contributed by atoms with Crippen molar-refractivity contribution in [3.8, 4) is 11.1 Å². The molecule has 0 heterocycles. The molecule has 0 saturated carbocycles. The summed E-state index contributed by atoms with van der Waals surface area (Å²) >= 11 is 0. The van der Waals surface area contributed by atoms with Gasteiger partial charge in [0.1, 0.15) is 0 Å². The zero-order chi connectivity index (χ0) is 12.8. The van der Waals surface area contributed by atoms with Gasteiger partial charge in [-0.25, -0.2) is 0 Å². The minimum absolute atomic E-state index is 0. The van der Waals surface area contributed by atoms with Crippen molar-refractivity contribution in [1.82, 2.24) is 0 Å². The van der Waals surface area contributed by atoms with Crippen molar-refractivity contribution in [1.29, 1.82) is 0 Å². The van der Waals surface area contributed by atoms with Gasteiger partial charge in [-0.05, 0) is 46.2 Å². The number of hydrazine groups is 1. The second-order valence-electron chi connectivity index (χ2n) is 5.65. The fraction of sp³-hybridized carbons (Fsp3) is 0.250. The van der Waals surface area contributed by atoms with Crippen molar-refractivity contribution < 1.29 is 0 Å². The van der Waals surface area contributed by atoms with Gasteiger partial charge < -0.3 is 5.43 Å². The molecular weight excluding hydrogens is 256 g/mol. The maximum Gasteiger partial charge on any atom is 0.0485 e. The van der Waals surface area contributed by atoms with E-state index in [-0.39, 0.29) is 17.8 Å². The number of rotatable bonds is 2. The Morgan fingerprint density at radius 2 is 1.74 bits per heavy atom. The zero-order valence-electron chi connectivity index (χ0n) is 11.2. The van der Waals surface area contributed by atoms with Crippen LogP contribution in [-0.2, 0) is 11.8 Å². The highest BCUT2D eigenvalue weighted by atomic mass is 35.5. The molecule has 0 saturated heterocycles. The summed E-state index contributed by atoms with van der Waals surface area (Å²) in [4.78, 5) is 0. The average Bonchev–Trinajstić information content (AvgIpc) is 2.60. The largest absolute Gasteiger partial charge is 0.324 e. The van der Waals surface area contributed by atoms with Gasteiger partial charge in [0.05, 0.1) is 0 Å². The standard InChI is InChI=1S/C16H18N2.ClH/c1-16(2)10-12-9-13(16)5-8-15(12)11-3-6-14(18-17)7-4-11;/h3-9,18H,10,17H2,1-2H3;1H. The fourth-order valence-corrected chi connectivity index (χ4v) is 2.77. The highest BCUT2D eigenvalue weighted by Gasteiger charge is 2.29. The first-order valence-corrected chi connectivity index (χ1v) is 6.31. The molecule has 3 N–H and O–H groups in total. The van der Waals surface area contributed by atoms with E-state index in [9.17, 15) is 0 Å². The summed E-state index contributed by atoms with van der Waals surface area (Å²) in [6, 6.07) is 15.1. The monoisotopic (exact) mass is 274 g/mol. The third-order valence-corrected chi connectivity index (χ3v) is 3.88. The number of anilines is 1. The Bertz CT molecular complexity index is 588. The number of hydrogen-bond donors (Lipinski definition) is 2. The Labute approximate surface area is 120 Å². The molecule has 0 aliphatic heterocycles. The van der Waals surface area contributed by atoms with Crippen molar-refractivity contribution in [3.05, 3.63) is 53.6 Å². The van der Waals surface area contributed by atoms with E-state index in [1.54, 1.807) is 0 Å². The van der Waals surface area contributed by atoms with Gasteiger partial charge in [0.25, 0.3) is 0 Å². The third kappa shape index (κ3) is 2.34. The van der Waals surface area contributed by atoms with Crippen LogP contribution in [0.25, 0.3) is 11.1 Å². The average molecular weight is 275 g/mol. The van der Waals surface area contributed by atoms with Crippen molar-refractivity contribution in [3.63, 3.8) is 0 Å². The van der Waals surface area contributed by atoms with Gasteiger partial charge in [-0.15, -0.1) is 12.4 Å². The van der Waals surface area contributed by atoms with Crippen LogP contribution < -0.4 is 11.3 Å². The van der Waals surface area contributed by atoms with E-state index in [2.05, 4.69) is 49.6 Å². The predicted molar refractivity (Wildman–Crippen MR) is 83.7 cm³/mol. The Balaban J connectivity index is 0.00000133. The number of nitrogens with one attached hydrogen (secondary N) is 1. The SMILES string of the molecule is CC1(C)Cc2cc1ccc2-c1ccc(NN)cc1.Cl. The van der Waals surface area contributed by atoms with Crippen LogP contribution in [0.2, 0.25) is 0 Å². The Morgan fingerprint density at radius 1 is 1.05 bits per heavy atom.